The van der Waals surface area contributed by atoms with Gasteiger partial charge in [0.1, 0.15) is 0 Å². The van der Waals surface area contributed by atoms with Crippen molar-refractivity contribution in [3.63, 3.8) is 0 Å². The third-order valence-electron chi connectivity index (χ3n) is 3.50. The van der Waals surface area contributed by atoms with Crippen LogP contribution in [-0.4, -0.2) is 19.4 Å². The van der Waals surface area contributed by atoms with Crippen molar-refractivity contribution in [3.05, 3.63) is 52.9 Å². The van der Waals surface area contributed by atoms with E-state index in [9.17, 15) is 4.79 Å². The van der Waals surface area contributed by atoms with E-state index in [0.29, 0.717) is 5.92 Å². The second-order valence-corrected chi connectivity index (χ2v) is 5.73. The highest BCUT2D eigenvalue weighted by molar-refractivity contribution is 7.17. The number of carbonyl (C=O) groups excluding carboxylic acids is 1. The zero-order valence-electron chi connectivity index (χ0n) is 10.1. The average molecular weight is 257 g/mol. The van der Waals surface area contributed by atoms with E-state index in [0.717, 1.165) is 24.3 Å². The molecule has 1 aliphatic heterocycles. The zero-order chi connectivity index (χ0) is 12.4. The highest BCUT2D eigenvalue weighted by atomic mass is 32.1. The highest BCUT2D eigenvalue weighted by Gasteiger charge is 2.24. The van der Waals surface area contributed by atoms with Gasteiger partial charge in [0, 0.05) is 19.0 Å². The van der Waals surface area contributed by atoms with E-state index < -0.39 is 0 Å². The molecule has 1 fully saturated rings. The number of hydrogen-bond acceptors (Lipinski definition) is 3. The van der Waals surface area contributed by atoms with Crippen LogP contribution in [0.1, 0.15) is 27.6 Å². The van der Waals surface area contributed by atoms with Crippen LogP contribution in [0.25, 0.3) is 0 Å². The van der Waals surface area contributed by atoms with Crippen molar-refractivity contribution in [2.45, 2.75) is 12.3 Å². The molecule has 2 aromatic rings. The van der Waals surface area contributed by atoms with Crippen LogP contribution in [0.4, 0.5) is 5.00 Å². The number of nitrogens with zero attached hydrogens (tertiary/aromatic N) is 1. The minimum absolute atomic E-state index is 0.619. The summed E-state index contributed by atoms with van der Waals surface area (Å²) in [6.07, 6.45) is 2.12. The van der Waals surface area contributed by atoms with Crippen LogP contribution in [0.15, 0.2) is 42.5 Å². The molecule has 3 rings (SSSR count). The van der Waals surface area contributed by atoms with Crippen LogP contribution in [-0.2, 0) is 0 Å². The summed E-state index contributed by atoms with van der Waals surface area (Å²) in [6, 6.07) is 14.6. The topological polar surface area (TPSA) is 20.3 Å². The largest absolute Gasteiger partial charge is 0.363 e. The first-order valence-electron chi connectivity index (χ1n) is 6.22. The molecule has 0 radical (unpaired) electrons. The molecule has 18 heavy (non-hydrogen) atoms. The van der Waals surface area contributed by atoms with Gasteiger partial charge in [0.25, 0.3) is 0 Å². The Hall–Kier alpha value is -1.61. The van der Waals surface area contributed by atoms with E-state index in [-0.39, 0.29) is 0 Å². The third-order valence-corrected chi connectivity index (χ3v) is 4.57. The lowest BCUT2D eigenvalue weighted by Gasteiger charge is -2.16. The fourth-order valence-electron chi connectivity index (χ4n) is 2.53. The van der Waals surface area contributed by atoms with Crippen molar-refractivity contribution < 1.29 is 4.79 Å². The van der Waals surface area contributed by atoms with E-state index in [1.54, 1.807) is 11.3 Å². The molecule has 2 heterocycles. The first-order valence-corrected chi connectivity index (χ1v) is 7.03. The van der Waals surface area contributed by atoms with Crippen LogP contribution in [0.5, 0.6) is 0 Å². The van der Waals surface area contributed by atoms with Gasteiger partial charge in [-0.05, 0) is 24.1 Å². The van der Waals surface area contributed by atoms with Crippen molar-refractivity contribution in [1.29, 1.82) is 0 Å². The second-order valence-electron chi connectivity index (χ2n) is 4.64. The molecule has 1 aromatic carbocycles. The molecule has 0 N–H and O–H groups in total. The lowest BCUT2D eigenvalue weighted by atomic mass is 9.99. The fourth-order valence-corrected chi connectivity index (χ4v) is 3.39. The number of rotatable bonds is 3. The van der Waals surface area contributed by atoms with Gasteiger partial charge in [-0.3, -0.25) is 4.79 Å². The molecule has 3 heteroatoms. The predicted molar refractivity (Wildman–Crippen MR) is 75.7 cm³/mol. The van der Waals surface area contributed by atoms with Crippen molar-refractivity contribution in [3.8, 4) is 0 Å². The van der Waals surface area contributed by atoms with Crippen LogP contribution in [0, 0.1) is 0 Å². The van der Waals surface area contributed by atoms with Gasteiger partial charge in [-0.25, -0.2) is 0 Å². The number of thiophene rings is 1. The van der Waals surface area contributed by atoms with Crippen molar-refractivity contribution >= 4 is 22.6 Å². The summed E-state index contributed by atoms with van der Waals surface area (Å²) in [4.78, 5) is 13.9. The van der Waals surface area contributed by atoms with Gasteiger partial charge < -0.3 is 4.90 Å². The molecular formula is C15H15NOS. The lowest BCUT2D eigenvalue weighted by Crippen LogP contribution is -2.17. The summed E-state index contributed by atoms with van der Waals surface area (Å²) >= 11 is 1.59. The quantitative estimate of drug-likeness (QED) is 0.784. The van der Waals surface area contributed by atoms with Gasteiger partial charge in [-0.15, -0.1) is 11.3 Å². The molecule has 1 saturated heterocycles. The van der Waals surface area contributed by atoms with Gasteiger partial charge >= 0.3 is 0 Å². The molecule has 1 aliphatic rings. The Bertz CT molecular complexity index is 534. The van der Waals surface area contributed by atoms with Gasteiger partial charge in [0.2, 0.25) is 0 Å². The molecule has 92 valence electrons. The molecule has 0 amide bonds. The molecule has 0 saturated carbocycles. The van der Waals surface area contributed by atoms with Crippen LogP contribution >= 0.6 is 11.3 Å². The number of carbonyl (C=O) groups is 1. The smallest absolute Gasteiger partial charge is 0.160 e. The Morgan fingerprint density at radius 2 is 2.00 bits per heavy atom. The van der Waals surface area contributed by atoms with E-state index in [1.165, 1.54) is 17.0 Å². The predicted octanol–water partition coefficient (Wildman–Crippen LogP) is 3.55. The van der Waals surface area contributed by atoms with Crippen molar-refractivity contribution in [2.75, 3.05) is 18.0 Å². The Labute approximate surface area is 111 Å². The minimum Gasteiger partial charge on any atom is -0.363 e. The molecule has 1 aromatic heterocycles. The van der Waals surface area contributed by atoms with E-state index in [1.807, 2.05) is 6.07 Å². The summed E-state index contributed by atoms with van der Waals surface area (Å²) < 4.78 is 0. The molecular weight excluding hydrogens is 242 g/mol. The summed E-state index contributed by atoms with van der Waals surface area (Å²) in [6.45, 7) is 2.14. The number of anilines is 1. The van der Waals surface area contributed by atoms with Gasteiger partial charge in [-0.2, -0.15) is 0 Å². The maximum Gasteiger partial charge on any atom is 0.160 e. The number of benzene rings is 1. The van der Waals surface area contributed by atoms with E-state index >= 15 is 0 Å². The number of aldehydes is 1. The van der Waals surface area contributed by atoms with Gasteiger partial charge in [0.05, 0.1) is 9.88 Å². The molecule has 2 nitrogen and oxygen atoms in total. The zero-order valence-corrected chi connectivity index (χ0v) is 10.9. The standard InChI is InChI=1S/C15H15NOS/c17-11-14-6-7-15(18-14)16-9-8-13(10-16)12-4-2-1-3-5-12/h1-7,11,13H,8-10H2. The maximum absolute atomic E-state index is 10.7. The first-order chi connectivity index (χ1) is 8.86. The fraction of sp³-hybridized carbons (Fsp3) is 0.267. The SMILES string of the molecule is O=Cc1ccc(N2CCC(c3ccccc3)C2)s1. The van der Waals surface area contributed by atoms with Crippen LogP contribution < -0.4 is 4.90 Å². The van der Waals surface area contributed by atoms with Gasteiger partial charge in [-0.1, -0.05) is 30.3 Å². The third kappa shape index (κ3) is 2.18. The molecule has 0 spiro atoms. The number of hydrogen-bond donors (Lipinski definition) is 0. The Morgan fingerprint density at radius 3 is 2.72 bits per heavy atom. The first kappa shape index (κ1) is 11.5. The Kier molecular flexibility index (Phi) is 3.15. The molecule has 0 aliphatic carbocycles. The highest BCUT2D eigenvalue weighted by Crippen LogP contribution is 2.33. The average Bonchev–Trinajstić information content (AvgIpc) is 3.08. The Balaban J connectivity index is 1.73. The summed E-state index contributed by atoms with van der Waals surface area (Å²) in [7, 11) is 0. The van der Waals surface area contributed by atoms with E-state index in [2.05, 4.69) is 41.3 Å². The normalized spacial score (nSPS) is 19.1. The van der Waals surface area contributed by atoms with Crippen molar-refractivity contribution in [2.24, 2.45) is 0 Å². The monoisotopic (exact) mass is 257 g/mol. The lowest BCUT2D eigenvalue weighted by molar-refractivity contribution is 0.112. The van der Waals surface area contributed by atoms with E-state index in [4.69, 9.17) is 0 Å². The van der Waals surface area contributed by atoms with Crippen LogP contribution in [0.3, 0.4) is 0 Å². The maximum atomic E-state index is 10.7. The minimum atomic E-state index is 0.619. The summed E-state index contributed by atoms with van der Waals surface area (Å²) in [5.74, 6) is 0.619. The van der Waals surface area contributed by atoms with Crippen LogP contribution in [0.2, 0.25) is 0 Å². The molecule has 1 unspecified atom stereocenters. The summed E-state index contributed by atoms with van der Waals surface area (Å²) in [5, 5.41) is 1.22. The summed E-state index contributed by atoms with van der Waals surface area (Å²) in [5.41, 5.74) is 1.42. The van der Waals surface area contributed by atoms with Gasteiger partial charge in [0.15, 0.2) is 6.29 Å². The second kappa shape index (κ2) is 4.94. The van der Waals surface area contributed by atoms with Crippen molar-refractivity contribution in [1.82, 2.24) is 0 Å². The molecule has 0 bridgehead atoms. The Morgan fingerprint density at radius 1 is 1.17 bits per heavy atom. The molecule has 1 atom stereocenters.